The van der Waals surface area contributed by atoms with Gasteiger partial charge in [-0.1, -0.05) is 17.7 Å². The lowest BCUT2D eigenvalue weighted by Gasteiger charge is -2.12. The quantitative estimate of drug-likeness (QED) is 0.776. The van der Waals surface area contributed by atoms with Crippen LogP contribution in [-0.4, -0.2) is 6.54 Å². The van der Waals surface area contributed by atoms with Crippen LogP contribution in [0.1, 0.15) is 25.0 Å². The predicted octanol–water partition coefficient (Wildman–Crippen LogP) is 4.39. The molecule has 1 rings (SSSR count). The normalized spacial score (nSPS) is 11.2. The molecule has 0 aromatic heterocycles. The van der Waals surface area contributed by atoms with E-state index in [1.54, 1.807) is 6.92 Å². The van der Waals surface area contributed by atoms with Crippen LogP contribution < -0.4 is 5.32 Å². The standard InChI is InChI=1S/C13H16F3N/c1-9(2)6-7-17-12-8-11(13(14,15)16)5-4-10(12)3/h4-6,8,17H,7H2,1-3H3. The molecule has 1 aromatic carbocycles. The first-order valence-electron chi connectivity index (χ1n) is 5.36. The number of rotatable bonds is 3. The van der Waals surface area contributed by atoms with Crippen molar-refractivity contribution >= 4 is 5.69 Å². The summed E-state index contributed by atoms with van der Waals surface area (Å²) >= 11 is 0. The van der Waals surface area contributed by atoms with Crippen LogP contribution in [0.3, 0.4) is 0 Å². The molecule has 0 aliphatic carbocycles. The molecule has 0 amide bonds. The predicted molar refractivity (Wildman–Crippen MR) is 64.1 cm³/mol. The lowest BCUT2D eigenvalue weighted by Crippen LogP contribution is -2.07. The molecule has 1 N–H and O–H groups in total. The van der Waals surface area contributed by atoms with Crippen LogP contribution in [0.2, 0.25) is 0 Å². The largest absolute Gasteiger partial charge is 0.416 e. The lowest BCUT2D eigenvalue weighted by molar-refractivity contribution is -0.137. The Labute approximate surface area is 99.3 Å². The van der Waals surface area contributed by atoms with Crippen LogP contribution in [0.25, 0.3) is 0 Å². The van der Waals surface area contributed by atoms with Crippen molar-refractivity contribution in [3.05, 3.63) is 41.0 Å². The summed E-state index contributed by atoms with van der Waals surface area (Å²) in [6, 6.07) is 3.73. The maximum absolute atomic E-state index is 12.5. The lowest BCUT2D eigenvalue weighted by atomic mass is 10.1. The van der Waals surface area contributed by atoms with E-state index in [0.717, 1.165) is 23.3 Å². The molecule has 0 saturated carbocycles. The average Bonchev–Trinajstić information content (AvgIpc) is 2.18. The van der Waals surface area contributed by atoms with Gasteiger partial charge in [0, 0.05) is 12.2 Å². The number of hydrogen-bond donors (Lipinski definition) is 1. The average molecular weight is 243 g/mol. The first kappa shape index (κ1) is 13.6. The Hall–Kier alpha value is -1.45. The molecule has 0 atom stereocenters. The zero-order valence-corrected chi connectivity index (χ0v) is 10.2. The number of halogens is 3. The molecular formula is C13H16F3N. The number of anilines is 1. The van der Waals surface area contributed by atoms with E-state index in [0.29, 0.717) is 12.2 Å². The summed E-state index contributed by atoms with van der Waals surface area (Å²) in [4.78, 5) is 0. The molecule has 0 heterocycles. The summed E-state index contributed by atoms with van der Waals surface area (Å²) in [6.45, 7) is 6.21. The fourth-order valence-corrected chi connectivity index (χ4v) is 1.35. The highest BCUT2D eigenvalue weighted by Gasteiger charge is 2.30. The van der Waals surface area contributed by atoms with Crippen LogP contribution in [0.15, 0.2) is 29.8 Å². The van der Waals surface area contributed by atoms with Gasteiger partial charge in [-0.05, 0) is 38.5 Å². The number of alkyl halides is 3. The van der Waals surface area contributed by atoms with Gasteiger partial charge in [-0.15, -0.1) is 0 Å². The fourth-order valence-electron chi connectivity index (χ4n) is 1.35. The fraction of sp³-hybridized carbons (Fsp3) is 0.385. The monoisotopic (exact) mass is 243 g/mol. The first-order valence-corrected chi connectivity index (χ1v) is 5.36. The van der Waals surface area contributed by atoms with Gasteiger partial charge in [0.2, 0.25) is 0 Å². The van der Waals surface area contributed by atoms with Gasteiger partial charge >= 0.3 is 6.18 Å². The maximum atomic E-state index is 12.5. The highest BCUT2D eigenvalue weighted by Crippen LogP contribution is 2.31. The van der Waals surface area contributed by atoms with Crippen molar-refractivity contribution in [3.63, 3.8) is 0 Å². The third kappa shape index (κ3) is 4.13. The molecular weight excluding hydrogens is 227 g/mol. The van der Waals surface area contributed by atoms with Crippen molar-refractivity contribution in [1.29, 1.82) is 0 Å². The molecule has 94 valence electrons. The summed E-state index contributed by atoms with van der Waals surface area (Å²) in [5.41, 5.74) is 1.84. The number of benzene rings is 1. The van der Waals surface area contributed by atoms with Gasteiger partial charge in [-0.2, -0.15) is 13.2 Å². The summed E-state index contributed by atoms with van der Waals surface area (Å²) in [6.07, 6.45) is -2.36. The molecule has 0 unspecified atom stereocenters. The Morgan fingerprint density at radius 3 is 2.47 bits per heavy atom. The van der Waals surface area contributed by atoms with Crippen molar-refractivity contribution in [2.24, 2.45) is 0 Å². The number of allylic oxidation sites excluding steroid dienone is 1. The van der Waals surface area contributed by atoms with E-state index in [1.807, 2.05) is 19.9 Å². The maximum Gasteiger partial charge on any atom is 0.416 e. The Balaban J connectivity index is 2.88. The third-order valence-electron chi connectivity index (χ3n) is 2.37. The van der Waals surface area contributed by atoms with Gasteiger partial charge in [0.15, 0.2) is 0 Å². The molecule has 0 aliphatic rings. The van der Waals surface area contributed by atoms with Crippen molar-refractivity contribution in [2.45, 2.75) is 26.9 Å². The summed E-state index contributed by atoms with van der Waals surface area (Å²) in [5.74, 6) is 0. The Bertz CT molecular complexity index is 415. The van der Waals surface area contributed by atoms with Gasteiger partial charge in [-0.25, -0.2) is 0 Å². The van der Waals surface area contributed by atoms with Gasteiger partial charge < -0.3 is 5.32 Å². The molecule has 0 radical (unpaired) electrons. The minimum absolute atomic E-state index is 0.525. The van der Waals surface area contributed by atoms with Crippen LogP contribution in [-0.2, 0) is 6.18 Å². The highest BCUT2D eigenvalue weighted by atomic mass is 19.4. The Kier molecular flexibility index (Phi) is 4.21. The zero-order chi connectivity index (χ0) is 13.1. The number of nitrogens with one attached hydrogen (secondary N) is 1. The van der Waals surface area contributed by atoms with E-state index in [9.17, 15) is 13.2 Å². The van der Waals surface area contributed by atoms with Crippen LogP contribution in [0.4, 0.5) is 18.9 Å². The summed E-state index contributed by atoms with van der Waals surface area (Å²) < 4.78 is 37.5. The van der Waals surface area contributed by atoms with Crippen LogP contribution in [0.5, 0.6) is 0 Å². The van der Waals surface area contributed by atoms with Crippen LogP contribution in [0, 0.1) is 6.92 Å². The second kappa shape index (κ2) is 5.25. The molecule has 1 aromatic rings. The SMILES string of the molecule is CC(C)=CCNc1cc(C(F)(F)F)ccc1C. The summed E-state index contributed by atoms with van der Waals surface area (Å²) in [5, 5.41) is 2.98. The minimum atomic E-state index is -4.29. The Morgan fingerprint density at radius 2 is 1.94 bits per heavy atom. The van der Waals surface area contributed by atoms with Gasteiger partial charge in [0.25, 0.3) is 0 Å². The Morgan fingerprint density at radius 1 is 1.29 bits per heavy atom. The summed E-state index contributed by atoms with van der Waals surface area (Å²) in [7, 11) is 0. The van der Waals surface area contributed by atoms with Gasteiger partial charge in [0.1, 0.15) is 0 Å². The van der Waals surface area contributed by atoms with Gasteiger partial charge in [-0.3, -0.25) is 0 Å². The second-order valence-electron chi connectivity index (χ2n) is 4.19. The van der Waals surface area contributed by atoms with E-state index in [1.165, 1.54) is 6.07 Å². The highest BCUT2D eigenvalue weighted by molar-refractivity contribution is 5.53. The topological polar surface area (TPSA) is 12.0 Å². The molecule has 0 aliphatic heterocycles. The third-order valence-corrected chi connectivity index (χ3v) is 2.37. The van der Waals surface area contributed by atoms with E-state index >= 15 is 0 Å². The molecule has 0 bridgehead atoms. The molecule has 17 heavy (non-hydrogen) atoms. The molecule has 4 heteroatoms. The van der Waals surface area contributed by atoms with Crippen molar-refractivity contribution in [1.82, 2.24) is 0 Å². The number of hydrogen-bond acceptors (Lipinski definition) is 1. The molecule has 0 spiro atoms. The van der Waals surface area contributed by atoms with Crippen LogP contribution >= 0.6 is 0 Å². The first-order chi connectivity index (χ1) is 7.80. The minimum Gasteiger partial charge on any atom is -0.381 e. The zero-order valence-electron chi connectivity index (χ0n) is 10.2. The second-order valence-corrected chi connectivity index (χ2v) is 4.19. The van der Waals surface area contributed by atoms with Crippen molar-refractivity contribution in [3.8, 4) is 0 Å². The van der Waals surface area contributed by atoms with E-state index in [2.05, 4.69) is 5.32 Å². The molecule has 1 nitrogen and oxygen atoms in total. The van der Waals surface area contributed by atoms with Crippen molar-refractivity contribution in [2.75, 3.05) is 11.9 Å². The smallest absolute Gasteiger partial charge is 0.381 e. The van der Waals surface area contributed by atoms with E-state index in [4.69, 9.17) is 0 Å². The number of aryl methyl sites for hydroxylation is 1. The molecule has 0 fully saturated rings. The van der Waals surface area contributed by atoms with Gasteiger partial charge in [0.05, 0.1) is 5.56 Å². The van der Waals surface area contributed by atoms with Crippen molar-refractivity contribution < 1.29 is 13.2 Å². The van der Waals surface area contributed by atoms with E-state index < -0.39 is 11.7 Å². The van der Waals surface area contributed by atoms with E-state index in [-0.39, 0.29) is 0 Å². The molecule has 0 saturated heterocycles.